The third-order valence-corrected chi connectivity index (χ3v) is 8.19. The quantitative estimate of drug-likeness (QED) is 0.307. The molecule has 2 fully saturated rings. The highest BCUT2D eigenvalue weighted by Crippen LogP contribution is 2.47. The van der Waals surface area contributed by atoms with Crippen LogP contribution >= 0.6 is 0 Å². The third-order valence-electron chi connectivity index (χ3n) is 8.19. The Balaban J connectivity index is 1.35. The monoisotopic (exact) mass is 568 g/mol. The summed E-state index contributed by atoms with van der Waals surface area (Å²) >= 11 is 0. The molecular formula is C32H35F3N2O4. The Morgan fingerprint density at radius 3 is 2.32 bits per heavy atom. The van der Waals surface area contributed by atoms with Crippen LogP contribution in [0.2, 0.25) is 0 Å². The van der Waals surface area contributed by atoms with E-state index < -0.39 is 23.8 Å². The summed E-state index contributed by atoms with van der Waals surface area (Å²) in [4.78, 5) is 29.2. The molecule has 5 rings (SSSR count). The van der Waals surface area contributed by atoms with Crippen molar-refractivity contribution in [1.29, 1.82) is 0 Å². The van der Waals surface area contributed by atoms with Crippen LogP contribution in [0.4, 0.5) is 13.2 Å². The first kappa shape index (κ1) is 28.9. The zero-order valence-electron chi connectivity index (χ0n) is 23.3. The predicted octanol–water partition coefficient (Wildman–Crippen LogP) is 6.43. The fourth-order valence-electron chi connectivity index (χ4n) is 6.01. The van der Waals surface area contributed by atoms with Gasteiger partial charge in [-0.25, -0.2) is 4.79 Å². The number of para-hydroxylation sites is 1. The van der Waals surface area contributed by atoms with Gasteiger partial charge in [-0.2, -0.15) is 13.2 Å². The van der Waals surface area contributed by atoms with E-state index in [9.17, 15) is 22.8 Å². The lowest BCUT2D eigenvalue weighted by molar-refractivity contribution is -0.220. The number of rotatable bonds is 7. The number of carbonyl (C=O) groups is 2. The highest BCUT2D eigenvalue weighted by Gasteiger charge is 2.54. The molecule has 3 aromatic carbocycles. The molecule has 218 valence electrons. The van der Waals surface area contributed by atoms with E-state index in [0.717, 1.165) is 16.3 Å². The number of esters is 1. The SMILES string of the molecule is CC(C)COc1ccccc1CN1CCC2(CCN(C(=O)c3cccc4ccccc34)CC2)C1OC(=O)C(F)(F)F. The summed E-state index contributed by atoms with van der Waals surface area (Å²) in [6.07, 6.45) is -4.74. The predicted molar refractivity (Wildman–Crippen MR) is 149 cm³/mol. The van der Waals surface area contributed by atoms with Crippen LogP contribution in [0.5, 0.6) is 5.75 Å². The molecule has 9 heteroatoms. The maximum absolute atomic E-state index is 13.5. The van der Waals surface area contributed by atoms with Gasteiger partial charge in [-0.3, -0.25) is 9.69 Å². The molecule has 6 nitrogen and oxygen atoms in total. The fourth-order valence-corrected chi connectivity index (χ4v) is 6.01. The minimum atomic E-state index is -5.10. The Morgan fingerprint density at radius 1 is 0.927 bits per heavy atom. The highest BCUT2D eigenvalue weighted by molar-refractivity contribution is 6.07. The van der Waals surface area contributed by atoms with Crippen LogP contribution in [-0.2, 0) is 16.1 Å². The Morgan fingerprint density at radius 2 is 1.59 bits per heavy atom. The molecule has 0 bridgehead atoms. The number of hydrogen-bond donors (Lipinski definition) is 0. The van der Waals surface area contributed by atoms with E-state index in [2.05, 4.69) is 0 Å². The van der Waals surface area contributed by atoms with Crippen LogP contribution in [0.25, 0.3) is 10.8 Å². The van der Waals surface area contributed by atoms with E-state index in [0.29, 0.717) is 62.7 Å². The van der Waals surface area contributed by atoms with Gasteiger partial charge in [0.25, 0.3) is 5.91 Å². The van der Waals surface area contributed by atoms with Crippen LogP contribution in [0.1, 0.15) is 49.0 Å². The molecule has 0 saturated carbocycles. The van der Waals surface area contributed by atoms with Gasteiger partial charge in [0, 0.05) is 42.7 Å². The van der Waals surface area contributed by atoms with Crippen LogP contribution in [0.3, 0.4) is 0 Å². The minimum Gasteiger partial charge on any atom is -0.493 e. The summed E-state index contributed by atoms with van der Waals surface area (Å²) in [7, 11) is 0. The number of fused-ring (bicyclic) bond motifs is 1. The maximum atomic E-state index is 13.5. The van der Waals surface area contributed by atoms with Crippen LogP contribution in [0, 0.1) is 11.3 Å². The van der Waals surface area contributed by atoms with Gasteiger partial charge in [0.2, 0.25) is 0 Å². The smallest absolute Gasteiger partial charge is 0.490 e. The molecule has 1 spiro atoms. The normalized spacial score (nSPS) is 19.2. The maximum Gasteiger partial charge on any atom is 0.490 e. The van der Waals surface area contributed by atoms with Crippen molar-refractivity contribution in [2.24, 2.45) is 11.3 Å². The van der Waals surface area contributed by atoms with E-state index in [1.54, 1.807) is 11.0 Å². The molecule has 0 aliphatic carbocycles. The summed E-state index contributed by atoms with van der Waals surface area (Å²) in [5, 5.41) is 1.83. The molecular weight excluding hydrogens is 533 g/mol. The Labute approximate surface area is 238 Å². The molecule has 3 aromatic rings. The van der Waals surface area contributed by atoms with Crippen molar-refractivity contribution in [1.82, 2.24) is 9.80 Å². The van der Waals surface area contributed by atoms with Crippen molar-refractivity contribution >= 4 is 22.6 Å². The number of nitrogens with zero attached hydrogens (tertiary/aromatic N) is 2. The molecule has 1 amide bonds. The Kier molecular flexibility index (Phi) is 8.27. The minimum absolute atomic E-state index is 0.105. The van der Waals surface area contributed by atoms with Crippen molar-refractivity contribution in [2.75, 3.05) is 26.2 Å². The standard InChI is InChI=1S/C32H35F3N2O4/c1-22(2)21-40-27-13-6-4-9-24(27)20-37-19-16-31(29(37)41-30(39)32(33,34)35)14-17-36(18-15-31)28(38)26-12-7-10-23-8-3-5-11-25(23)26/h3-13,22,29H,14-21H2,1-2H3. The fraction of sp³-hybridized carbons (Fsp3) is 0.438. The summed E-state index contributed by atoms with van der Waals surface area (Å²) in [5.41, 5.74) is 0.733. The topological polar surface area (TPSA) is 59.1 Å². The first-order valence-corrected chi connectivity index (χ1v) is 14.1. The van der Waals surface area contributed by atoms with Crippen LogP contribution in [-0.4, -0.2) is 60.3 Å². The number of hydrogen-bond acceptors (Lipinski definition) is 5. The zero-order valence-corrected chi connectivity index (χ0v) is 23.3. The van der Waals surface area contributed by atoms with Crippen molar-refractivity contribution in [3.05, 3.63) is 77.9 Å². The third kappa shape index (κ3) is 6.20. The lowest BCUT2D eigenvalue weighted by Gasteiger charge is -2.43. The average Bonchev–Trinajstić information content (AvgIpc) is 3.27. The Bertz CT molecular complexity index is 1390. The van der Waals surface area contributed by atoms with E-state index in [4.69, 9.17) is 9.47 Å². The second kappa shape index (κ2) is 11.7. The zero-order chi connectivity index (χ0) is 29.2. The van der Waals surface area contributed by atoms with Gasteiger partial charge in [-0.15, -0.1) is 0 Å². The van der Waals surface area contributed by atoms with Crippen molar-refractivity contribution in [3.8, 4) is 5.75 Å². The van der Waals surface area contributed by atoms with Crippen LogP contribution < -0.4 is 4.74 Å². The molecule has 2 aliphatic heterocycles. The number of amides is 1. The largest absolute Gasteiger partial charge is 0.493 e. The second-order valence-corrected chi connectivity index (χ2v) is 11.5. The van der Waals surface area contributed by atoms with Gasteiger partial charge < -0.3 is 14.4 Å². The van der Waals surface area contributed by atoms with E-state index in [1.165, 1.54) is 0 Å². The number of carbonyl (C=O) groups excluding carboxylic acids is 2. The molecule has 0 aromatic heterocycles. The Hall–Kier alpha value is -3.59. The summed E-state index contributed by atoms with van der Waals surface area (Å²) < 4.78 is 51.3. The highest BCUT2D eigenvalue weighted by atomic mass is 19.4. The molecule has 0 N–H and O–H groups in total. The molecule has 1 unspecified atom stereocenters. The number of ether oxygens (including phenoxy) is 2. The van der Waals surface area contributed by atoms with E-state index in [-0.39, 0.29) is 12.5 Å². The lowest BCUT2D eigenvalue weighted by atomic mass is 9.76. The molecule has 0 radical (unpaired) electrons. The van der Waals surface area contributed by atoms with Crippen molar-refractivity contribution < 1.29 is 32.2 Å². The first-order chi connectivity index (χ1) is 19.6. The second-order valence-electron chi connectivity index (χ2n) is 11.5. The number of benzene rings is 3. The van der Waals surface area contributed by atoms with E-state index >= 15 is 0 Å². The van der Waals surface area contributed by atoms with Gasteiger partial charge in [-0.1, -0.05) is 68.4 Å². The number of halogens is 3. The van der Waals surface area contributed by atoms with Gasteiger partial charge in [0.1, 0.15) is 5.75 Å². The van der Waals surface area contributed by atoms with Crippen molar-refractivity contribution in [2.45, 2.75) is 52.1 Å². The van der Waals surface area contributed by atoms with Crippen LogP contribution in [0.15, 0.2) is 66.7 Å². The summed E-state index contributed by atoms with van der Waals surface area (Å²) in [5.74, 6) is -1.32. The van der Waals surface area contributed by atoms with Crippen molar-refractivity contribution in [3.63, 3.8) is 0 Å². The van der Waals surface area contributed by atoms with Gasteiger partial charge in [-0.05, 0) is 48.1 Å². The summed E-state index contributed by atoms with van der Waals surface area (Å²) in [6.45, 7) is 6.06. The summed E-state index contributed by atoms with van der Waals surface area (Å²) in [6, 6.07) is 20.7. The van der Waals surface area contributed by atoms with Gasteiger partial charge in [0.05, 0.1) is 6.61 Å². The molecule has 1 atom stereocenters. The molecule has 2 saturated heterocycles. The van der Waals surface area contributed by atoms with Gasteiger partial charge in [0.15, 0.2) is 6.23 Å². The number of likely N-dealkylation sites (tertiary alicyclic amines) is 2. The van der Waals surface area contributed by atoms with Gasteiger partial charge >= 0.3 is 12.1 Å². The molecule has 2 heterocycles. The first-order valence-electron chi connectivity index (χ1n) is 14.1. The number of piperidine rings is 1. The molecule has 2 aliphatic rings. The van der Waals surface area contributed by atoms with E-state index in [1.807, 2.05) is 79.4 Å². The lowest BCUT2D eigenvalue weighted by Crippen LogP contribution is -2.51. The number of alkyl halides is 3. The average molecular weight is 569 g/mol. The molecule has 41 heavy (non-hydrogen) atoms.